The van der Waals surface area contributed by atoms with Gasteiger partial charge in [0.1, 0.15) is 5.69 Å². The van der Waals surface area contributed by atoms with E-state index < -0.39 is 0 Å². The number of amides is 1. The Bertz CT molecular complexity index is 1140. The number of methoxy groups -OCH3 is 1. The van der Waals surface area contributed by atoms with E-state index in [2.05, 4.69) is 15.4 Å². The first-order valence-electron chi connectivity index (χ1n) is 8.20. The summed E-state index contributed by atoms with van der Waals surface area (Å²) in [6.07, 6.45) is 3.25. The van der Waals surface area contributed by atoms with E-state index in [0.29, 0.717) is 16.6 Å². The summed E-state index contributed by atoms with van der Waals surface area (Å²) in [6, 6.07) is 16.7. The standard InChI is InChI=1S/C20H15ClN4O2/c1-27-20-15-7-3-2-6-13(15)10-17(24-20)19(26)23-14-11-22-25(12-14)18-9-5-4-8-16(18)21/h2-12H,1H3,(H,23,26). The first-order chi connectivity index (χ1) is 13.2. The van der Waals surface area contributed by atoms with Gasteiger partial charge in [-0.3, -0.25) is 4.79 Å². The highest BCUT2D eigenvalue weighted by Gasteiger charge is 2.14. The second-order valence-corrected chi connectivity index (χ2v) is 6.22. The summed E-state index contributed by atoms with van der Waals surface area (Å²) in [5.74, 6) is 0.0581. The highest BCUT2D eigenvalue weighted by Crippen LogP contribution is 2.25. The van der Waals surface area contributed by atoms with E-state index >= 15 is 0 Å². The summed E-state index contributed by atoms with van der Waals surface area (Å²) in [7, 11) is 1.53. The molecule has 0 aliphatic rings. The number of benzene rings is 2. The number of carbonyl (C=O) groups excluding carboxylic acids is 1. The topological polar surface area (TPSA) is 69.0 Å². The van der Waals surface area contributed by atoms with Crippen LogP contribution < -0.4 is 10.1 Å². The lowest BCUT2D eigenvalue weighted by Crippen LogP contribution is -2.13. The molecule has 7 heteroatoms. The molecule has 4 aromatic rings. The number of carbonyl (C=O) groups is 1. The van der Waals surface area contributed by atoms with Crippen LogP contribution in [0.2, 0.25) is 5.02 Å². The molecule has 1 amide bonds. The molecule has 0 spiro atoms. The fourth-order valence-corrected chi connectivity index (χ4v) is 3.01. The number of pyridine rings is 1. The van der Waals surface area contributed by atoms with Gasteiger partial charge in [0, 0.05) is 5.39 Å². The summed E-state index contributed by atoms with van der Waals surface area (Å²) in [5.41, 5.74) is 1.52. The van der Waals surface area contributed by atoms with Gasteiger partial charge in [0.2, 0.25) is 5.88 Å². The van der Waals surface area contributed by atoms with Crippen LogP contribution in [0.4, 0.5) is 5.69 Å². The van der Waals surface area contributed by atoms with Crippen molar-refractivity contribution >= 4 is 34.0 Å². The number of halogens is 1. The van der Waals surface area contributed by atoms with Gasteiger partial charge >= 0.3 is 0 Å². The molecule has 0 radical (unpaired) electrons. The number of nitrogens with zero attached hydrogens (tertiary/aromatic N) is 3. The molecule has 0 unspecified atom stereocenters. The molecule has 0 atom stereocenters. The summed E-state index contributed by atoms with van der Waals surface area (Å²) in [6.45, 7) is 0. The van der Waals surface area contributed by atoms with E-state index in [0.717, 1.165) is 16.5 Å². The van der Waals surface area contributed by atoms with Gasteiger partial charge < -0.3 is 10.1 Å². The van der Waals surface area contributed by atoms with Crippen molar-refractivity contribution in [2.75, 3.05) is 12.4 Å². The molecule has 2 heterocycles. The molecule has 0 bridgehead atoms. The van der Waals surface area contributed by atoms with Crippen molar-refractivity contribution in [3.05, 3.63) is 77.7 Å². The van der Waals surface area contributed by atoms with E-state index in [-0.39, 0.29) is 11.6 Å². The van der Waals surface area contributed by atoms with Crippen molar-refractivity contribution in [2.45, 2.75) is 0 Å². The van der Waals surface area contributed by atoms with Crippen molar-refractivity contribution < 1.29 is 9.53 Å². The quantitative estimate of drug-likeness (QED) is 0.573. The molecule has 27 heavy (non-hydrogen) atoms. The highest BCUT2D eigenvalue weighted by molar-refractivity contribution is 6.32. The lowest BCUT2D eigenvalue weighted by atomic mass is 10.1. The third-order valence-electron chi connectivity index (χ3n) is 4.07. The summed E-state index contributed by atoms with van der Waals surface area (Å²) < 4.78 is 6.92. The largest absolute Gasteiger partial charge is 0.481 e. The minimum Gasteiger partial charge on any atom is -0.481 e. The maximum absolute atomic E-state index is 12.6. The monoisotopic (exact) mass is 378 g/mol. The zero-order valence-corrected chi connectivity index (χ0v) is 15.1. The van der Waals surface area contributed by atoms with Crippen LogP contribution in [-0.2, 0) is 0 Å². The molecule has 2 aromatic heterocycles. The second kappa shape index (κ2) is 7.09. The predicted octanol–water partition coefficient (Wildman–Crippen LogP) is 4.33. The van der Waals surface area contributed by atoms with Crippen LogP contribution in [0.1, 0.15) is 10.5 Å². The van der Waals surface area contributed by atoms with Crippen LogP contribution in [0.3, 0.4) is 0 Å². The first-order valence-corrected chi connectivity index (χ1v) is 8.58. The van der Waals surface area contributed by atoms with Gasteiger partial charge in [-0.1, -0.05) is 41.9 Å². The highest BCUT2D eigenvalue weighted by atomic mass is 35.5. The Kier molecular flexibility index (Phi) is 4.48. The van der Waals surface area contributed by atoms with Gasteiger partial charge in [-0.15, -0.1) is 0 Å². The number of fused-ring (bicyclic) bond motifs is 1. The molecule has 0 aliphatic carbocycles. The van der Waals surface area contributed by atoms with Gasteiger partial charge in [0.25, 0.3) is 5.91 Å². The second-order valence-electron chi connectivity index (χ2n) is 5.82. The number of rotatable bonds is 4. The van der Waals surface area contributed by atoms with Crippen LogP contribution >= 0.6 is 11.6 Å². The molecule has 0 saturated carbocycles. The molecule has 0 aliphatic heterocycles. The smallest absolute Gasteiger partial charge is 0.274 e. The molecular weight excluding hydrogens is 364 g/mol. The Morgan fingerprint density at radius 2 is 1.93 bits per heavy atom. The molecule has 6 nitrogen and oxygen atoms in total. The summed E-state index contributed by atoms with van der Waals surface area (Å²) in [5, 5.41) is 9.35. The summed E-state index contributed by atoms with van der Waals surface area (Å²) in [4.78, 5) is 17.0. The maximum atomic E-state index is 12.6. The van der Waals surface area contributed by atoms with E-state index in [1.54, 1.807) is 29.2 Å². The van der Waals surface area contributed by atoms with E-state index in [1.807, 2.05) is 42.5 Å². The fraction of sp³-hybridized carbons (Fsp3) is 0.0500. The Balaban J connectivity index is 1.62. The molecule has 4 rings (SSSR count). The van der Waals surface area contributed by atoms with Gasteiger partial charge in [-0.25, -0.2) is 9.67 Å². The van der Waals surface area contributed by atoms with Crippen LogP contribution in [0, 0.1) is 0 Å². The fourth-order valence-electron chi connectivity index (χ4n) is 2.79. The Morgan fingerprint density at radius 1 is 1.15 bits per heavy atom. The SMILES string of the molecule is COc1nc(C(=O)Nc2cnn(-c3ccccc3Cl)c2)cc2ccccc12. The summed E-state index contributed by atoms with van der Waals surface area (Å²) >= 11 is 6.19. The number of aromatic nitrogens is 3. The van der Waals surface area contributed by atoms with E-state index in [1.165, 1.54) is 7.11 Å². The number of nitrogens with one attached hydrogen (secondary N) is 1. The number of ether oxygens (including phenoxy) is 1. The van der Waals surface area contributed by atoms with Crippen LogP contribution in [0.25, 0.3) is 16.5 Å². The zero-order chi connectivity index (χ0) is 18.8. The molecule has 134 valence electrons. The van der Waals surface area contributed by atoms with Crippen molar-refractivity contribution in [3.8, 4) is 11.6 Å². The Morgan fingerprint density at radius 3 is 2.74 bits per heavy atom. The Hall–Kier alpha value is -3.38. The van der Waals surface area contributed by atoms with Crippen molar-refractivity contribution in [2.24, 2.45) is 0 Å². The lowest BCUT2D eigenvalue weighted by molar-refractivity contribution is 0.102. The first kappa shape index (κ1) is 17.1. The van der Waals surface area contributed by atoms with Gasteiger partial charge in [-0.2, -0.15) is 5.10 Å². The average Bonchev–Trinajstić information content (AvgIpc) is 3.15. The minimum absolute atomic E-state index is 0.260. The Labute approximate surface area is 160 Å². The molecule has 0 fully saturated rings. The van der Waals surface area contributed by atoms with Crippen LogP contribution in [0.15, 0.2) is 67.0 Å². The predicted molar refractivity (Wildman–Crippen MR) is 105 cm³/mol. The van der Waals surface area contributed by atoms with Crippen molar-refractivity contribution in [3.63, 3.8) is 0 Å². The molecule has 2 aromatic carbocycles. The zero-order valence-electron chi connectivity index (χ0n) is 14.4. The number of hydrogen-bond acceptors (Lipinski definition) is 4. The maximum Gasteiger partial charge on any atom is 0.274 e. The van der Waals surface area contributed by atoms with Crippen molar-refractivity contribution in [1.82, 2.24) is 14.8 Å². The average molecular weight is 379 g/mol. The van der Waals surface area contributed by atoms with Gasteiger partial charge in [0.15, 0.2) is 0 Å². The third kappa shape index (κ3) is 3.35. The van der Waals surface area contributed by atoms with Gasteiger partial charge in [0.05, 0.1) is 35.9 Å². The number of anilines is 1. The van der Waals surface area contributed by atoms with Crippen LogP contribution in [-0.4, -0.2) is 27.8 Å². The van der Waals surface area contributed by atoms with E-state index in [9.17, 15) is 4.79 Å². The molecular formula is C20H15ClN4O2. The van der Waals surface area contributed by atoms with Crippen molar-refractivity contribution in [1.29, 1.82) is 0 Å². The molecule has 1 N–H and O–H groups in total. The van der Waals surface area contributed by atoms with Crippen LogP contribution in [0.5, 0.6) is 5.88 Å². The number of para-hydroxylation sites is 1. The minimum atomic E-state index is -0.349. The third-order valence-corrected chi connectivity index (χ3v) is 4.39. The van der Waals surface area contributed by atoms with Gasteiger partial charge in [-0.05, 0) is 29.7 Å². The normalized spacial score (nSPS) is 10.7. The number of hydrogen-bond donors (Lipinski definition) is 1. The van der Waals surface area contributed by atoms with E-state index in [4.69, 9.17) is 16.3 Å². The molecule has 0 saturated heterocycles. The lowest BCUT2D eigenvalue weighted by Gasteiger charge is -2.08.